The molecule has 2 aromatic heterocycles. The molecular weight excluding hydrogens is 595 g/mol. The molecule has 0 unspecified atom stereocenters. The zero-order valence-corrected chi connectivity index (χ0v) is 25.2. The molecule has 2 aliphatic heterocycles. The molecule has 2 atom stereocenters. The number of pyridine rings is 1. The summed E-state index contributed by atoms with van der Waals surface area (Å²) in [5.41, 5.74) is 1.71. The highest BCUT2D eigenvalue weighted by Gasteiger charge is 2.31. The lowest BCUT2D eigenvalue weighted by Gasteiger charge is -2.23. The van der Waals surface area contributed by atoms with Crippen molar-refractivity contribution < 1.29 is 22.3 Å². The van der Waals surface area contributed by atoms with Crippen LogP contribution in [0.15, 0.2) is 54.9 Å². The molecule has 10 nitrogen and oxygen atoms in total. The number of benzene rings is 2. The van der Waals surface area contributed by atoms with Gasteiger partial charge in [-0.15, -0.1) is 0 Å². The average molecular weight is 627 g/mol. The molecule has 0 spiro atoms. The number of nitrogens with zero attached hydrogens (tertiary/aromatic N) is 4. The summed E-state index contributed by atoms with van der Waals surface area (Å²) < 4.78 is 54.0. The van der Waals surface area contributed by atoms with Gasteiger partial charge in [-0.05, 0) is 75.0 Å². The first-order chi connectivity index (χ1) is 20.8. The fourth-order valence-electron chi connectivity index (χ4n) is 5.47. The van der Waals surface area contributed by atoms with Gasteiger partial charge in [0.05, 0.1) is 23.1 Å². The first-order valence-electron chi connectivity index (χ1n) is 14.3. The van der Waals surface area contributed by atoms with Crippen LogP contribution in [-0.4, -0.2) is 61.0 Å². The minimum Gasteiger partial charge on any atom is -0.437 e. The van der Waals surface area contributed by atoms with Crippen molar-refractivity contribution in [3.05, 3.63) is 66.2 Å². The van der Waals surface area contributed by atoms with E-state index < -0.39 is 21.9 Å². The smallest absolute Gasteiger partial charge is 0.251 e. The Bertz CT molecular complexity index is 1730. The van der Waals surface area contributed by atoms with Crippen LogP contribution in [0.2, 0.25) is 0 Å². The van der Waals surface area contributed by atoms with Crippen LogP contribution in [-0.2, 0) is 14.8 Å². The van der Waals surface area contributed by atoms with Crippen molar-refractivity contribution >= 4 is 44.2 Å². The van der Waals surface area contributed by atoms with Crippen LogP contribution in [0.1, 0.15) is 31.2 Å². The van der Waals surface area contributed by atoms with Crippen LogP contribution in [0.25, 0.3) is 22.0 Å². The lowest BCUT2D eigenvalue weighted by molar-refractivity contribution is 0.127. The van der Waals surface area contributed by atoms with E-state index in [1.54, 1.807) is 42.7 Å². The van der Waals surface area contributed by atoms with E-state index in [1.807, 2.05) is 13.0 Å². The molecule has 4 aromatic rings. The molecular formula is C30H32ClFN6O4S. The number of ether oxygens (including phenoxy) is 2. The number of aromatic nitrogens is 3. The summed E-state index contributed by atoms with van der Waals surface area (Å²) in [6, 6.07) is 11.7. The lowest BCUT2D eigenvalue weighted by Crippen LogP contribution is -2.38. The van der Waals surface area contributed by atoms with Crippen LogP contribution in [0.4, 0.5) is 16.0 Å². The van der Waals surface area contributed by atoms with E-state index >= 15 is 4.39 Å². The fourth-order valence-corrected chi connectivity index (χ4v) is 7.14. The maximum atomic E-state index is 15.3. The zero-order chi connectivity index (χ0) is 30.0. The third kappa shape index (κ3) is 6.37. The molecule has 0 bridgehead atoms. The van der Waals surface area contributed by atoms with Crippen LogP contribution in [0, 0.1) is 12.7 Å². The molecule has 0 aliphatic carbocycles. The predicted octanol–water partition coefficient (Wildman–Crippen LogP) is 5.56. The summed E-state index contributed by atoms with van der Waals surface area (Å²) in [5, 5.41) is 7.52. The normalized spacial score (nSPS) is 19.0. The maximum absolute atomic E-state index is 15.3. The second-order valence-electron chi connectivity index (χ2n) is 10.7. The number of rotatable bonds is 9. The van der Waals surface area contributed by atoms with Gasteiger partial charge in [-0.3, -0.25) is 0 Å². The Morgan fingerprint density at radius 1 is 1.12 bits per heavy atom. The Labute approximate surface area is 254 Å². The molecule has 43 heavy (non-hydrogen) atoms. The van der Waals surface area contributed by atoms with Crippen molar-refractivity contribution in [2.45, 2.75) is 44.8 Å². The topological polar surface area (TPSA) is 119 Å². The molecule has 226 valence electrons. The standard InChI is InChI=1S/C30H32ClFN6O4S/c1-19-8-9-22-23(10-11-25(32)27(22)38(31)43(39,40)18-21-6-4-16-41-21)28(19)42-29-24(7-3-14-34-29)26-12-15-35-30(37-26)36-20-5-2-13-33-17-20/h3,7-12,14-15,20-21,33H,2,4-6,13,16-18H2,1H3,(H,35,36,37)/t20-,21-/m0/s1. The number of sulfonamides is 1. The molecule has 6 rings (SSSR count). The molecule has 4 heterocycles. The molecule has 13 heteroatoms. The largest absolute Gasteiger partial charge is 0.437 e. The van der Waals surface area contributed by atoms with Gasteiger partial charge in [0.15, 0.2) is 0 Å². The first kappa shape index (κ1) is 29.5. The molecule has 0 radical (unpaired) electrons. The SMILES string of the molecule is Cc1ccc2c(N(Cl)S(=O)(=O)C[C@@H]3CCCO3)c(F)ccc2c1Oc1ncccc1-c1ccnc(N[C@H]2CCCNC2)n1. The Morgan fingerprint density at radius 3 is 2.77 bits per heavy atom. The van der Waals surface area contributed by atoms with Crippen LogP contribution < -0.4 is 19.2 Å². The number of nitrogens with one attached hydrogen (secondary N) is 2. The van der Waals surface area contributed by atoms with E-state index in [0.29, 0.717) is 45.2 Å². The van der Waals surface area contributed by atoms with Gasteiger partial charge in [-0.25, -0.2) is 27.8 Å². The van der Waals surface area contributed by atoms with Gasteiger partial charge in [-0.2, -0.15) is 3.82 Å². The van der Waals surface area contributed by atoms with Gasteiger partial charge >= 0.3 is 0 Å². The number of halogens is 2. The number of fused-ring (bicyclic) bond motifs is 1. The summed E-state index contributed by atoms with van der Waals surface area (Å²) in [4.78, 5) is 13.6. The number of anilines is 2. The molecule has 2 fully saturated rings. The van der Waals surface area contributed by atoms with Gasteiger partial charge in [0, 0.05) is 54.1 Å². The first-order valence-corrected chi connectivity index (χ1v) is 16.2. The highest BCUT2D eigenvalue weighted by atomic mass is 35.5. The van der Waals surface area contributed by atoms with Gasteiger partial charge in [0.1, 0.15) is 17.3 Å². The third-order valence-electron chi connectivity index (χ3n) is 7.64. The van der Waals surface area contributed by atoms with E-state index in [-0.39, 0.29) is 28.7 Å². The van der Waals surface area contributed by atoms with Crippen molar-refractivity contribution in [3.63, 3.8) is 0 Å². The van der Waals surface area contributed by atoms with Crippen LogP contribution >= 0.6 is 11.8 Å². The Morgan fingerprint density at radius 2 is 1.98 bits per heavy atom. The van der Waals surface area contributed by atoms with Crippen molar-refractivity contribution in [2.75, 3.05) is 34.6 Å². The highest BCUT2D eigenvalue weighted by Crippen LogP contribution is 2.41. The van der Waals surface area contributed by atoms with Gasteiger partial charge in [0.2, 0.25) is 11.8 Å². The Hall–Kier alpha value is -3.58. The second kappa shape index (κ2) is 12.6. The highest BCUT2D eigenvalue weighted by molar-refractivity contribution is 7.94. The van der Waals surface area contributed by atoms with Gasteiger partial charge < -0.3 is 20.1 Å². The van der Waals surface area contributed by atoms with E-state index in [0.717, 1.165) is 37.9 Å². The molecule has 2 aromatic carbocycles. The quantitative estimate of drug-likeness (QED) is 0.230. The van der Waals surface area contributed by atoms with Crippen molar-refractivity contribution in [1.29, 1.82) is 0 Å². The number of hydrogen-bond acceptors (Lipinski definition) is 9. The predicted molar refractivity (Wildman–Crippen MR) is 165 cm³/mol. The van der Waals surface area contributed by atoms with Crippen molar-refractivity contribution in [2.24, 2.45) is 0 Å². The monoisotopic (exact) mass is 626 g/mol. The number of piperidine rings is 1. The Balaban J connectivity index is 1.34. The summed E-state index contributed by atoms with van der Waals surface area (Å²) >= 11 is 6.38. The third-order valence-corrected chi connectivity index (χ3v) is 9.91. The van der Waals surface area contributed by atoms with E-state index in [1.165, 1.54) is 6.07 Å². The van der Waals surface area contributed by atoms with Gasteiger partial charge in [-0.1, -0.05) is 12.1 Å². The minimum absolute atomic E-state index is 0.234. The lowest BCUT2D eigenvalue weighted by atomic mass is 10.0. The number of hydrogen-bond donors (Lipinski definition) is 2. The Kier molecular flexibility index (Phi) is 8.62. The van der Waals surface area contributed by atoms with Crippen LogP contribution in [0.5, 0.6) is 11.6 Å². The van der Waals surface area contributed by atoms with E-state index in [2.05, 4.69) is 20.6 Å². The van der Waals surface area contributed by atoms with Gasteiger partial charge in [0.25, 0.3) is 10.0 Å². The maximum Gasteiger partial charge on any atom is 0.251 e. The summed E-state index contributed by atoms with van der Waals surface area (Å²) in [5.74, 6) is 0.0590. The van der Waals surface area contributed by atoms with Crippen molar-refractivity contribution in [1.82, 2.24) is 20.3 Å². The fraction of sp³-hybridized carbons (Fsp3) is 0.367. The second-order valence-corrected chi connectivity index (χ2v) is 13.1. The molecule has 0 saturated carbocycles. The molecule has 2 aliphatic rings. The average Bonchev–Trinajstić information content (AvgIpc) is 3.51. The summed E-state index contributed by atoms with van der Waals surface area (Å²) in [7, 11) is -4.09. The zero-order valence-electron chi connectivity index (χ0n) is 23.6. The molecule has 2 saturated heterocycles. The van der Waals surface area contributed by atoms with E-state index in [9.17, 15) is 8.42 Å². The summed E-state index contributed by atoms with van der Waals surface area (Å²) in [6.45, 7) is 4.18. The summed E-state index contributed by atoms with van der Waals surface area (Å²) in [6.07, 6.45) is 6.29. The van der Waals surface area contributed by atoms with Crippen molar-refractivity contribution in [3.8, 4) is 22.9 Å². The van der Waals surface area contributed by atoms with E-state index in [4.69, 9.17) is 26.2 Å². The molecule has 2 N–H and O–H groups in total. The minimum atomic E-state index is -4.09. The molecule has 0 amide bonds. The number of aryl methyl sites for hydroxylation is 1. The van der Waals surface area contributed by atoms with Crippen LogP contribution in [0.3, 0.4) is 0 Å².